The second kappa shape index (κ2) is 7.45. The summed E-state index contributed by atoms with van der Waals surface area (Å²) in [6.45, 7) is 4.46. The first kappa shape index (κ1) is 15.9. The Labute approximate surface area is 121 Å². The van der Waals surface area contributed by atoms with Crippen LogP contribution in [0, 0.1) is 17.0 Å². The van der Waals surface area contributed by atoms with E-state index in [-0.39, 0.29) is 16.7 Å². The van der Waals surface area contributed by atoms with Gasteiger partial charge in [-0.05, 0) is 35.3 Å². The summed E-state index contributed by atoms with van der Waals surface area (Å²) in [6.07, 6.45) is 2.03. The fourth-order valence-electron chi connectivity index (χ4n) is 1.95. The second-order valence-corrected chi connectivity index (χ2v) is 5.32. The number of benzene rings is 1. The van der Waals surface area contributed by atoms with E-state index in [0.29, 0.717) is 16.6 Å². The van der Waals surface area contributed by atoms with Crippen molar-refractivity contribution in [1.82, 2.24) is 0 Å². The van der Waals surface area contributed by atoms with Crippen LogP contribution in [0.15, 0.2) is 16.6 Å². The number of nitrogens with one attached hydrogen (secondary N) is 1. The number of rotatable bonds is 7. The molecule has 0 amide bonds. The number of halogens is 1. The molecule has 19 heavy (non-hydrogen) atoms. The van der Waals surface area contributed by atoms with Crippen LogP contribution in [0.4, 0.5) is 11.4 Å². The Morgan fingerprint density at radius 3 is 2.74 bits per heavy atom. The van der Waals surface area contributed by atoms with E-state index in [1.54, 1.807) is 20.1 Å². The first-order chi connectivity index (χ1) is 8.99. The summed E-state index contributed by atoms with van der Waals surface area (Å²) in [4.78, 5) is 10.5. The molecule has 1 aromatic rings. The lowest BCUT2D eigenvalue weighted by molar-refractivity contribution is -0.385. The molecule has 0 saturated carbocycles. The molecule has 0 aliphatic rings. The Morgan fingerprint density at radius 1 is 1.53 bits per heavy atom. The highest BCUT2D eigenvalue weighted by molar-refractivity contribution is 9.10. The lowest BCUT2D eigenvalue weighted by Gasteiger charge is -2.19. The second-order valence-electron chi connectivity index (χ2n) is 4.46. The molecule has 0 radical (unpaired) electrons. The zero-order valence-corrected chi connectivity index (χ0v) is 13.0. The highest BCUT2D eigenvalue weighted by Gasteiger charge is 2.16. The number of nitro benzene ring substituents is 1. The van der Waals surface area contributed by atoms with Crippen LogP contribution in [0.2, 0.25) is 0 Å². The molecule has 0 aromatic heterocycles. The smallest absolute Gasteiger partial charge is 0.273 e. The summed E-state index contributed by atoms with van der Waals surface area (Å²) in [5.74, 6) is 0. The minimum absolute atomic E-state index is 0.121. The molecule has 0 aliphatic carbocycles. The third-order valence-electron chi connectivity index (χ3n) is 2.85. The van der Waals surface area contributed by atoms with Crippen molar-refractivity contribution in [3.8, 4) is 0 Å². The van der Waals surface area contributed by atoms with Crippen molar-refractivity contribution < 1.29 is 9.66 Å². The molecule has 6 heteroatoms. The maximum absolute atomic E-state index is 10.9. The number of hydrogen-bond acceptors (Lipinski definition) is 4. The maximum Gasteiger partial charge on any atom is 0.273 e. The fourth-order valence-corrected chi connectivity index (χ4v) is 2.39. The third-order valence-corrected chi connectivity index (χ3v) is 3.50. The molecule has 1 rings (SSSR count). The molecule has 1 atom stereocenters. The molecule has 0 fully saturated rings. The van der Waals surface area contributed by atoms with Crippen molar-refractivity contribution in [2.75, 3.05) is 19.0 Å². The van der Waals surface area contributed by atoms with Crippen LogP contribution in [0.25, 0.3) is 0 Å². The topological polar surface area (TPSA) is 64.4 Å². The van der Waals surface area contributed by atoms with Crippen molar-refractivity contribution in [1.29, 1.82) is 0 Å². The van der Waals surface area contributed by atoms with Crippen LogP contribution in [0.1, 0.15) is 25.3 Å². The van der Waals surface area contributed by atoms with E-state index in [1.807, 2.05) is 0 Å². The van der Waals surface area contributed by atoms with Gasteiger partial charge in [0, 0.05) is 34.9 Å². The molecule has 106 valence electrons. The largest absolute Gasteiger partial charge is 0.383 e. The minimum atomic E-state index is -0.372. The Kier molecular flexibility index (Phi) is 6.24. The van der Waals surface area contributed by atoms with Gasteiger partial charge >= 0.3 is 0 Å². The normalized spacial score (nSPS) is 12.2. The Balaban J connectivity index is 2.94. The molecule has 1 unspecified atom stereocenters. The van der Waals surface area contributed by atoms with Gasteiger partial charge in [0.05, 0.1) is 11.5 Å². The van der Waals surface area contributed by atoms with Gasteiger partial charge in [0.1, 0.15) is 0 Å². The number of nitrogens with zero attached hydrogens (tertiary/aromatic N) is 1. The highest BCUT2D eigenvalue weighted by atomic mass is 79.9. The lowest BCUT2D eigenvalue weighted by Crippen LogP contribution is -2.24. The highest BCUT2D eigenvalue weighted by Crippen LogP contribution is 2.31. The van der Waals surface area contributed by atoms with Gasteiger partial charge in [0.15, 0.2) is 0 Å². The SMILES string of the molecule is CCCC(COC)Nc1cc(C)c([N+](=O)[O-])cc1Br. The zero-order valence-electron chi connectivity index (χ0n) is 11.4. The molecular weight excluding hydrogens is 312 g/mol. The van der Waals surface area contributed by atoms with E-state index in [9.17, 15) is 10.1 Å². The number of ether oxygens (including phenoxy) is 1. The summed E-state index contributed by atoms with van der Waals surface area (Å²) in [6, 6.07) is 3.53. The predicted octanol–water partition coefficient (Wildman–Crippen LogP) is 3.89. The van der Waals surface area contributed by atoms with Gasteiger partial charge < -0.3 is 10.1 Å². The molecule has 0 spiro atoms. The molecule has 0 bridgehead atoms. The van der Waals surface area contributed by atoms with Gasteiger partial charge in [0.2, 0.25) is 0 Å². The van der Waals surface area contributed by atoms with Gasteiger partial charge in [-0.2, -0.15) is 0 Å². The fraction of sp³-hybridized carbons (Fsp3) is 0.538. The lowest BCUT2D eigenvalue weighted by atomic mass is 10.1. The quantitative estimate of drug-likeness (QED) is 0.608. The number of anilines is 1. The summed E-state index contributed by atoms with van der Waals surface area (Å²) in [5, 5.41) is 14.2. The van der Waals surface area contributed by atoms with Crippen LogP contribution in [0.3, 0.4) is 0 Å². The average molecular weight is 331 g/mol. The van der Waals surface area contributed by atoms with Crippen LogP contribution in [-0.4, -0.2) is 24.7 Å². The summed E-state index contributed by atoms with van der Waals surface area (Å²) >= 11 is 3.37. The molecule has 1 aromatic carbocycles. The van der Waals surface area contributed by atoms with Gasteiger partial charge in [-0.15, -0.1) is 0 Å². The van der Waals surface area contributed by atoms with E-state index < -0.39 is 0 Å². The van der Waals surface area contributed by atoms with E-state index in [1.165, 1.54) is 6.07 Å². The predicted molar refractivity (Wildman–Crippen MR) is 79.7 cm³/mol. The van der Waals surface area contributed by atoms with Crippen molar-refractivity contribution in [2.45, 2.75) is 32.7 Å². The molecule has 0 aliphatic heterocycles. The van der Waals surface area contributed by atoms with E-state index in [0.717, 1.165) is 18.5 Å². The third kappa shape index (κ3) is 4.47. The molecule has 0 saturated heterocycles. The van der Waals surface area contributed by atoms with Gasteiger partial charge in [0.25, 0.3) is 5.69 Å². The maximum atomic E-state index is 10.9. The molecule has 1 N–H and O–H groups in total. The molecular formula is C13H19BrN2O3. The Bertz CT molecular complexity index is 446. The minimum Gasteiger partial charge on any atom is -0.383 e. The number of hydrogen-bond donors (Lipinski definition) is 1. The zero-order chi connectivity index (χ0) is 14.4. The summed E-state index contributed by atoms with van der Waals surface area (Å²) in [5.41, 5.74) is 1.62. The Hall–Kier alpha value is -1.14. The molecule has 5 nitrogen and oxygen atoms in total. The van der Waals surface area contributed by atoms with Crippen molar-refractivity contribution in [3.05, 3.63) is 32.3 Å². The van der Waals surface area contributed by atoms with E-state index >= 15 is 0 Å². The van der Waals surface area contributed by atoms with E-state index in [2.05, 4.69) is 28.2 Å². The monoisotopic (exact) mass is 330 g/mol. The summed E-state index contributed by atoms with van der Waals surface area (Å²) < 4.78 is 5.87. The van der Waals surface area contributed by atoms with Gasteiger partial charge in [-0.1, -0.05) is 13.3 Å². The number of methoxy groups -OCH3 is 1. The van der Waals surface area contributed by atoms with Crippen molar-refractivity contribution >= 4 is 27.3 Å². The van der Waals surface area contributed by atoms with Crippen LogP contribution < -0.4 is 5.32 Å². The average Bonchev–Trinajstić information content (AvgIpc) is 2.33. The van der Waals surface area contributed by atoms with Crippen LogP contribution in [-0.2, 0) is 4.74 Å². The number of nitro groups is 1. The van der Waals surface area contributed by atoms with Crippen LogP contribution >= 0.6 is 15.9 Å². The van der Waals surface area contributed by atoms with E-state index in [4.69, 9.17) is 4.74 Å². The van der Waals surface area contributed by atoms with Crippen molar-refractivity contribution in [2.24, 2.45) is 0 Å². The van der Waals surface area contributed by atoms with Crippen LogP contribution in [0.5, 0.6) is 0 Å². The van der Waals surface area contributed by atoms with Gasteiger partial charge in [-0.25, -0.2) is 0 Å². The van der Waals surface area contributed by atoms with Crippen molar-refractivity contribution in [3.63, 3.8) is 0 Å². The summed E-state index contributed by atoms with van der Waals surface area (Å²) in [7, 11) is 1.67. The Morgan fingerprint density at radius 2 is 2.21 bits per heavy atom. The van der Waals surface area contributed by atoms with Gasteiger partial charge in [-0.3, -0.25) is 10.1 Å². The number of aryl methyl sites for hydroxylation is 1. The first-order valence-corrected chi connectivity index (χ1v) is 6.98. The first-order valence-electron chi connectivity index (χ1n) is 6.19. The standard InChI is InChI=1S/C13H19BrN2O3/c1-4-5-10(8-19-3)15-12-6-9(2)13(16(17)18)7-11(12)14/h6-7,10,15H,4-5,8H2,1-3H3. The molecule has 0 heterocycles.